The first kappa shape index (κ1) is 13.6. The van der Waals surface area contributed by atoms with Crippen molar-refractivity contribution in [2.24, 2.45) is 0 Å². The molecule has 0 rings (SSSR count). The highest BCUT2D eigenvalue weighted by molar-refractivity contribution is 7.75. The third kappa shape index (κ3) is 6.68. The van der Waals surface area contributed by atoms with Crippen LogP contribution in [0.15, 0.2) is 48.8 Å². The molecule has 5 heteroatoms. The molecule has 0 amide bonds. The Bertz CT molecular complexity index is 308. The van der Waals surface area contributed by atoms with Gasteiger partial charge >= 0.3 is 0 Å². The summed E-state index contributed by atoms with van der Waals surface area (Å²) in [5, 5.41) is 0. The quantitative estimate of drug-likeness (QED) is 0.246. The summed E-state index contributed by atoms with van der Waals surface area (Å²) >= 11 is 3.61. The molecule has 15 heavy (non-hydrogen) atoms. The summed E-state index contributed by atoms with van der Waals surface area (Å²) in [6, 6.07) is 0. The normalized spacial score (nSPS) is 11.8. The number of carbonyl (C=O) groups excluding carboxylic acids is 1. The van der Waals surface area contributed by atoms with E-state index in [1.165, 1.54) is 6.08 Å². The van der Waals surface area contributed by atoms with Gasteiger partial charge < -0.3 is 8.92 Å². The van der Waals surface area contributed by atoms with E-state index < -0.39 is 5.87 Å². The van der Waals surface area contributed by atoms with E-state index in [1.54, 1.807) is 18.2 Å². The second-order valence-corrected chi connectivity index (χ2v) is 2.60. The minimum absolute atomic E-state index is 0.0618. The van der Waals surface area contributed by atoms with Crippen LogP contribution in [0.2, 0.25) is 0 Å². The fourth-order valence-corrected chi connectivity index (χ4v) is 0.790. The molecule has 0 aromatic rings. The molecule has 0 aromatic heterocycles. The van der Waals surface area contributed by atoms with E-state index in [0.717, 1.165) is 0 Å². The summed E-state index contributed by atoms with van der Waals surface area (Å²) < 4.78 is 9.22. The van der Waals surface area contributed by atoms with Crippen molar-refractivity contribution in [2.45, 2.75) is 0 Å². The Morgan fingerprint density at radius 1 is 1.33 bits per heavy atom. The largest absolute Gasteiger partial charge is 0.470 e. The average Bonchev–Trinajstić information content (AvgIpc) is 2.23. The van der Waals surface area contributed by atoms with Gasteiger partial charge in [-0.3, -0.25) is 4.79 Å². The predicted molar refractivity (Wildman–Crippen MR) is 63.7 cm³/mol. The second-order valence-electron chi connectivity index (χ2n) is 2.42. The summed E-state index contributed by atoms with van der Waals surface area (Å²) in [7, 11) is 4.81. The van der Waals surface area contributed by atoms with Crippen molar-refractivity contribution in [1.29, 1.82) is 0 Å². The molecule has 0 aliphatic heterocycles. The van der Waals surface area contributed by atoms with Gasteiger partial charge in [0, 0.05) is 12.9 Å². The van der Waals surface area contributed by atoms with Gasteiger partial charge in [0.25, 0.3) is 0 Å². The van der Waals surface area contributed by atoms with Crippen LogP contribution in [0.3, 0.4) is 0 Å². The standard InChI is InChI=1S/C10H11BO3S/c1-3-8(7-13-10(11)12)5-6-9(4-2)14-15/h3-6,15H,1-2,7H2/b8-5+,9-6+. The predicted octanol–water partition coefficient (Wildman–Crippen LogP) is 2.34. The average molecular weight is 222 g/mol. The third-order valence-corrected chi connectivity index (χ3v) is 1.62. The van der Waals surface area contributed by atoms with Crippen LogP contribution in [-0.2, 0) is 8.92 Å². The molecule has 0 heterocycles. The molecule has 0 atom stereocenters. The van der Waals surface area contributed by atoms with E-state index in [2.05, 4.69) is 35.0 Å². The van der Waals surface area contributed by atoms with Crippen molar-refractivity contribution in [3.05, 3.63) is 48.8 Å². The fraction of sp³-hybridized carbons (Fsp3) is 0.100. The Morgan fingerprint density at radius 3 is 2.40 bits per heavy atom. The minimum Gasteiger partial charge on any atom is -0.470 e. The highest BCUT2D eigenvalue weighted by atomic mass is 32.1. The Morgan fingerprint density at radius 2 is 2.00 bits per heavy atom. The maximum Gasteiger partial charge on any atom is 0.236 e. The van der Waals surface area contributed by atoms with Gasteiger partial charge in [0.2, 0.25) is 13.7 Å². The van der Waals surface area contributed by atoms with Crippen molar-refractivity contribution in [3.8, 4) is 0 Å². The maximum atomic E-state index is 10.3. The molecule has 0 aliphatic rings. The van der Waals surface area contributed by atoms with Gasteiger partial charge in [-0.05, 0) is 17.7 Å². The SMILES string of the molecule is [B]C(=O)OC/C(C=C)=C/C=C(\C=C)OS. The van der Waals surface area contributed by atoms with E-state index >= 15 is 0 Å². The van der Waals surface area contributed by atoms with Crippen LogP contribution in [0, 0.1) is 0 Å². The minimum atomic E-state index is -0.832. The smallest absolute Gasteiger partial charge is 0.236 e. The fourth-order valence-electron chi connectivity index (χ4n) is 0.654. The van der Waals surface area contributed by atoms with E-state index in [9.17, 15) is 4.79 Å². The molecule has 0 unspecified atom stereocenters. The zero-order chi connectivity index (χ0) is 11.7. The Labute approximate surface area is 96.2 Å². The number of rotatable bonds is 6. The van der Waals surface area contributed by atoms with Crippen LogP contribution >= 0.6 is 12.9 Å². The Hall–Kier alpha value is -1.36. The number of hydrogen-bond acceptors (Lipinski definition) is 4. The molecule has 0 fully saturated rings. The number of carbonyl (C=O) groups is 1. The summed E-state index contributed by atoms with van der Waals surface area (Å²) in [6.45, 7) is 7.12. The Balaban J connectivity index is 4.45. The highest BCUT2D eigenvalue weighted by Gasteiger charge is 1.95. The van der Waals surface area contributed by atoms with Gasteiger partial charge in [0.1, 0.15) is 12.4 Å². The van der Waals surface area contributed by atoms with E-state index in [4.69, 9.17) is 7.85 Å². The maximum absolute atomic E-state index is 10.3. The molecule has 0 N–H and O–H groups in total. The monoisotopic (exact) mass is 222 g/mol. The number of hydrogen-bond donors (Lipinski definition) is 1. The molecular formula is C10H11BO3S. The molecule has 0 spiro atoms. The van der Waals surface area contributed by atoms with Crippen molar-refractivity contribution in [2.75, 3.05) is 6.61 Å². The van der Waals surface area contributed by atoms with Gasteiger partial charge in [0.15, 0.2) is 0 Å². The van der Waals surface area contributed by atoms with Crippen LogP contribution in [0.1, 0.15) is 0 Å². The highest BCUT2D eigenvalue weighted by Crippen LogP contribution is 2.04. The molecule has 0 saturated carbocycles. The van der Waals surface area contributed by atoms with Gasteiger partial charge in [0.05, 0.1) is 0 Å². The molecule has 0 aliphatic carbocycles. The van der Waals surface area contributed by atoms with Crippen LogP contribution in [-0.4, -0.2) is 20.3 Å². The lowest BCUT2D eigenvalue weighted by atomic mass is 10.2. The molecular weight excluding hydrogens is 211 g/mol. The zero-order valence-electron chi connectivity index (χ0n) is 8.18. The van der Waals surface area contributed by atoms with Crippen LogP contribution < -0.4 is 0 Å². The molecule has 3 nitrogen and oxygen atoms in total. The summed E-state index contributed by atoms with van der Waals surface area (Å²) in [4.78, 5) is 10.3. The van der Waals surface area contributed by atoms with Crippen LogP contribution in [0.5, 0.6) is 0 Å². The lowest BCUT2D eigenvalue weighted by Gasteiger charge is -2.02. The molecule has 78 valence electrons. The topological polar surface area (TPSA) is 35.5 Å². The summed E-state index contributed by atoms with van der Waals surface area (Å²) in [5.41, 5.74) is 0.679. The van der Waals surface area contributed by atoms with Gasteiger partial charge in [-0.1, -0.05) is 25.3 Å². The number of thiol groups is 1. The van der Waals surface area contributed by atoms with E-state index in [1.807, 2.05) is 0 Å². The van der Waals surface area contributed by atoms with Crippen molar-refractivity contribution in [3.63, 3.8) is 0 Å². The lowest BCUT2D eigenvalue weighted by Crippen LogP contribution is -2.03. The summed E-state index contributed by atoms with van der Waals surface area (Å²) in [6.07, 6.45) is 6.29. The molecule has 0 aromatic carbocycles. The number of allylic oxidation sites excluding steroid dienone is 3. The van der Waals surface area contributed by atoms with E-state index in [-0.39, 0.29) is 6.61 Å². The third-order valence-electron chi connectivity index (χ3n) is 1.41. The molecule has 0 saturated heterocycles. The van der Waals surface area contributed by atoms with Gasteiger partial charge in [-0.25, -0.2) is 0 Å². The molecule has 0 bridgehead atoms. The summed E-state index contributed by atoms with van der Waals surface area (Å²) in [5.74, 6) is -0.363. The lowest BCUT2D eigenvalue weighted by molar-refractivity contribution is 0.184. The van der Waals surface area contributed by atoms with Crippen molar-refractivity contribution < 1.29 is 13.7 Å². The van der Waals surface area contributed by atoms with Crippen LogP contribution in [0.25, 0.3) is 0 Å². The first-order chi connectivity index (χ1) is 7.13. The number of ether oxygens (including phenoxy) is 1. The zero-order valence-corrected chi connectivity index (χ0v) is 9.07. The first-order valence-electron chi connectivity index (χ1n) is 4.03. The Kier molecular flexibility index (Phi) is 7.27. The second kappa shape index (κ2) is 7.99. The van der Waals surface area contributed by atoms with Crippen molar-refractivity contribution >= 4 is 26.6 Å². The van der Waals surface area contributed by atoms with Crippen LogP contribution in [0.4, 0.5) is 4.79 Å². The van der Waals surface area contributed by atoms with E-state index in [0.29, 0.717) is 11.3 Å². The van der Waals surface area contributed by atoms with Gasteiger partial charge in [-0.2, -0.15) is 0 Å². The first-order valence-corrected chi connectivity index (χ1v) is 4.40. The molecule has 2 radical (unpaired) electrons. The van der Waals surface area contributed by atoms with Gasteiger partial charge in [-0.15, -0.1) is 0 Å². The van der Waals surface area contributed by atoms with Crippen molar-refractivity contribution in [1.82, 2.24) is 0 Å².